The Kier molecular flexibility index (Phi) is 5.26. The molecule has 5 heteroatoms. The molecule has 21 heavy (non-hydrogen) atoms. The van der Waals surface area contributed by atoms with Gasteiger partial charge in [-0.05, 0) is 48.9 Å². The highest BCUT2D eigenvalue weighted by Gasteiger charge is 2.22. The minimum atomic E-state index is 0. The van der Waals surface area contributed by atoms with Crippen LogP contribution >= 0.6 is 12.4 Å². The molecule has 0 unspecified atom stereocenters. The predicted molar refractivity (Wildman–Crippen MR) is 86.9 cm³/mol. The van der Waals surface area contributed by atoms with Crippen LogP contribution in [0.5, 0.6) is 5.75 Å². The van der Waals surface area contributed by atoms with Crippen LogP contribution in [0.25, 0.3) is 11.1 Å². The van der Waals surface area contributed by atoms with Crippen LogP contribution in [0.15, 0.2) is 30.6 Å². The van der Waals surface area contributed by atoms with Gasteiger partial charge in [-0.15, -0.1) is 12.4 Å². The van der Waals surface area contributed by atoms with E-state index in [2.05, 4.69) is 30.2 Å². The van der Waals surface area contributed by atoms with E-state index in [1.54, 1.807) is 0 Å². The molecule has 3 rings (SSSR count). The number of hydrogen-bond acceptors (Lipinski definition) is 3. The van der Waals surface area contributed by atoms with Gasteiger partial charge >= 0.3 is 0 Å². The second-order valence-electron chi connectivity index (χ2n) is 5.52. The summed E-state index contributed by atoms with van der Waals surface area (Å²) >= 11 is 0. The SMILES string of the molecule is Cc1cc(-c2cnn(CCN)c2)ccc1OCC1CC1.Cl. The number of aromatic nitrogens is 2. The summed E-state index contributed by atoms with van der Waals surface area (Å²) in [6.07, 6.45) is 6.55. The summed E-state index contributed by atoms with van der Waals surface area (Å²) in [4.78, 5) is 0. The monoisotopic (exact) mass is 307 g/mol. The zero-order valence-electron chi connectivity index (χ0n) is 12.3. The Morgan fingerprint density at radius 1 is 1.33 bits per heavy atom. The maximum Gasteiger partial charge on any atom is 0.122 e. The molecule has 0 aliphatic heterocycles. The highest BCUT2D eigenvalue weighted by atomic mass is 35.5. The molecule has 1 aromatic heterocycles. The van der Waals surface area contributed by atoms with E-state index in [0.717, 1.165) is 30.4 Å². The van der Waals surface area contributed by atoms with Gasteiger partial charge < -0.3 is 10.5 Å². The molecule has 0 spiro atoms. The molecule has 4 nitrogen and oxygen atoms in total. The lowest BCUT2D eigenvalue weighted by atomic mass is 10.1. The molecule has 0 atom stereocenters. The number of aryl methyl sites for hydroxylation is 1. The number of benzene rings is 1. The van der Waals surface area contributed by atoms with Gasteiger partial charge in [0.25, 0.3) is 0 Å². The summed E-state index contributed by atoms with van der Waals surface area (Å²) in [5.74, 6) is 1.78. The zero-order chi connectivity index (χ0) is 13.9. The second kappa shape index (κ2) is 6.96. The third-order valence-corrected chi connectivity index (χ3v) is 3.67. The van der Waals surface area contributed by atoms with Crippen molar-refractivity contribution in [2.24, 2.45) is 11.7 Å². The normalized spacial score (nSPS) is 13.8. The Morgan fingerprint density at radius 3 is 2.81 bits per heavy atom. The molecule has 0 bridgehead atoms. The standard InChI is InChI=1S/C16H21N3O.ClH/c1-12-8-14(15-9-18-19(10-15)7-6-17)4-5-16(12)20-11-13-2-3-13;/h4-5,8-10,13H,2-3,6-7,11,17H2,1H3;1H. The van der Waals surface area contributed by atoms with Crippen molar-refractivity contribution < 1.29 is 4.74 Å². The smallest absolute Gasteiger partial charge is 0.122 e. The Bertz CT molecular complexity index is 593. The lowest BCUT2D eigenvalue weighted by molar-refractivity contribution is 0.298. The molecule has 0 radical (unpaired) electrons. The van der Waals surface area contributed by atoms with Crippen LogP contribution < -0.4 is 10.5 Å². The minimum Gasteiger partial charge on any atom is -0.493 e. The van der Waals surface area contributed by atoms with E-state index in [4.69, 9.17) is 10.5 Å². The third-order valence-electron chi connectivity index (χ3n) is 3.67. The average molecular weight is 308 g/mol. The van der Waals surface area contributed by atoms with Crippen molar-refractivity contribution in [3.8, 4) is 16.9 Å². The molecule has 2 N–H and O–H groups in total. The Morgan fingerprint density at radius 2 is 2.14 bits per heavy atom. The van der Waals surface area contributed by atoms with E-state index >= 15 is 0 Å². The summed E-state index contributed by atoms with van der Waals surface area (Å²) in [5.41, 5.74) is 9.01. The van der Waals surface area contributed by atoms with Crippen molar-refractivity contribution in [3.05, 3.63) is 36.2 Å². The maximum atomic E-state index is 5.86. The van der Waals surface area contributed by atoms with Crippen LogP contribution in [-0.2, 0) is 6.54 Å². The Labute approximate surface area is 131 Å². The highest BCUT2D eigenvalue weighted by Crippen LogP contribution is 2.31. The molecule has 2 aromatic rings. The first-order valence-electron chi connectivity index (χ1n) is 7.22. The van der Waals surface area contributed by atoms with Crippen LogP contribution in [0.2, 0.25) is 0 Å². The first kappa shape index (κ1) is 15.9. The van der Waals surface area contributed by atoms with Gasteiger partial charge in [0, 0.05) is 18.3 Å². The highest BCUT2D eigenvalue weighted by molar-refractivity contribution is 5.85. The largest absolute Gasteiger partial charge is 0.493 e. The van der Waals surface area contributed by atoms with Gasteiger partial charge in [0.15, 0.2) is 0 Å². The zero-order valence-corrected chi connectivity index (χ0v) is 13.1. The van der Waals surface area contributed by atoms with Crippen molar-refractivity contribution in [2.45, 2.75) is 26.3 Å². The first-order valence-corrected chi connectivity index (χ1v) is 7.22. The van der Waals surface area contributed by atoms with Gasteiger partial charge in [-0.1, -0.05) is 6.07 Å². The molecule has 1 heterocycles. The molecule has 114 valence electrons. The molecule has 0 amide bonds. The van der Waals surface area contributed by atoms with E-state index in [-0.39, 0.29) is 12.4 Å². The van der Waals surface area contributed by atoms with Gasteiger partial charge in [-0.3, -0.25) is 4.68 Å². The first-order chi connectivity index (χ1) is 9.76. The lowest BCUT2D eigenvalue weighted by Gasteiger charge is -2.09. The van der Waals surface area contributed by atoms with Crippen LogP contribution in [0.1, 0.15) is 18.4 Å². The topological polar surface area (TPSA) is 53.1 Å². The van der Waals surface area contributed by atoms with Gasteiger partial charge in [-0.25, -0.2) is 0 Å². The van der Waals surface area contributed by atoms with E-state index in [0.29, 0.717) is 6.54 Å². The van der Waals surface area contributed by atoms with E-state index in [1.807, 2.05) is 17.1 Å². The van der Waals surface area contributed by atoms with Crippen molar-refractivity contribution in [3.63, 3.8) is 0 Å². The molecule has 1 fully saturated rings. The second-order valence-corrected chi connectivity index (χ2v) is 5.52. The van der Waals surface area contributed by atoms with E-state index < -0.39 is 0 Å². The molecule has 1 aromatic carbocycles. The molecule has 1 aliphatic rings. The summed E-state index contributed by atoms with van der Waals surface area (Å²) < 4.78 is 7.74. The fraction of sp³-hybridized carbons (Fsp3) is 0.438. The lowest BCUT2D eigenvalue weighted by Crippen LogP contribution is -2.09. The third kappa shape index (κ3) is 3.99. The number of nitrogens with two attached hydrogens (primary N) is 1. The van der Waals surface area contributed by atoms with Gasteiger partial charge in [-0.2, -0.15) is 5.10 Å². The van der Waals surface area contributed by atoms with Gasteiger partial charge in [0.1, 0.15) is 5.75 Å². The van der Waals surface area contributed by atoms with E-state index in [9.17, 15) is 0 Å². The van der Waals surface area contributed by atoms with Gasteiger partial charge in [0.05, 0.1) is 19.3 Å². The van der Waals surface area contributed by atoms with Crippen molar-refractivity contribution in [1.82, 2.24) is 9.78 Å². The average Bonchev–Trinajstić information content (AvgIpc) is 3.16. The summed E-state index contributed by atoms with van der Waals surface area (Å²) in [6, 6.07) is 6.32. The number of nitrogens with zero attached hydrogens (tertiary/aromatic N) is 2. The fourth-order valence-electron chi connectivity index (χ4n) is 2.25. The maximum absolute atomic E-state index is 5.86. The van der Waals surface area contributed by atoms with E-state index in [1.165, 1.54) is 24.0 Å². The molecular weight excluding hydrogens is 286 g/mol. The van der Waals surface area contributed by atoms with Crippen LogP contribution in [-0.4, -0.2) is 22.9 Å². The quantitative estimate of drug-likeness (QED) is 0.892. The van der Waals surface area contributed by atoms with Crippen molar-refractivity contribution in [1.29, 1.82) is 0 Å². The van der Waals surface area contributed by atoms with Crippen LogP contribution in [0.3, 0.4) is 0 Å². The summed E-state index contributed by atoms with van der Waals surface area (Å²) in [7, 11) is 0. The Hall–Kier alpha value is -1.52. The number of hydrogen-bond donors (Lipinski definition) is 1. The summed E-state index contributed by atoms with van der Waals surface area (Å²) in [5, 5.41) is 4.31. The number of halogens is 1. The minimum absolute atomic E-state index is 0. The predicted octanol–water partition coefficient (Wildman–Crippen LogP) is 3.03. The summed E-state index contributed by atoms with van der Waals surface area (Å²) in [6.45, 7) is 4.31. The van der Waals surface area contributed by atoms with Crippen molar-refractivity contribution in [2.75, 3.05) is 13.2 Å². The molecule has 0 saturated heterocycles. The van der Waals surface area contributed by atoms with Crippen LogP contribution in [0.4, 0.5) is 0 Å². The Balaban J connectivity index is 0.00000161. The van der Waals surface area contributed by atoms with Gasteiger partial charge in [0.2, 0.25) is 0 Å². The molecule has 1 aliphatic carbocycles. The molecule has 1 saturated carbocycles. The number of rotatable bonds is 6. The van der Waals surface area contributed by atoms with Crippen LogP contribution in [0, 0.1) is 12.8 Å². The van der Waals surface area contributed by atoms with Crippen molar-refractivity contribution >= 4 is 12.4 Å². The molecular formula is C16H22ClN3O. The number of ether oxygens (including phenoxy) is 1. The fourth-order valence-corrected chi connectivity index (χ4v) is 2.25.